The third-order valence-electron chi connectivity index (χ3n) is 13.9. The summed E-state index contributed by atoms with van der Waals surface area (Å²) in [5.41, 5.74) is -3.88. The molecule has 6 rings (SSSR count). The van der Waals surface area contributed by atoms with Gasteiger partial charge in [-0.1, -0.05) is 62.4 Å². The van der Waals surface area contributed by atoms with Crippen LogP contribution in [0.1, 0.15) is 96.6 Å². The van der Waals surface area contributed by atoms with Crippen molar-refractivity contribution < 1.29 is 91.9 Å². The van der Waals surface area contributed by atoms with Crippen LogP contribution in [0.3, 0.4) is 0 Å². The number of hydrogen-bond acceptors (Lipinski definition) is 19. The van der Waals surface area contributed by atoms with Crippen LogP contribution in [0.25, 0.3) is 0 Å². The lowest BCUT2D eigenvalue weighted by molar-refractivity contribution is -0.346. The van der Waals surface area contributed by atoms with E-state index >= 15 is 4.79 Å². The number of carbonyl (C=O) groups excluding carboxylic acids is 7. The maximum Gasteiger partial charge on any atom is 0.408 e. The number of esters is 5. The molecule has 3 aliphatic carbocycles. The molecule has 380 valence electrons. The monoisotopic (exact) mass is 980 g/mol. The molecule has 1 saturated heterocycles. The van der Waals surface area contributed by atoms with Crippen molar-refractivity contribution in [2.24, 2.45) is 22.5 Å². The number of carbonyl (C=O) groups is 8. The first-order chi connectivity index (χ1) is 32.6. The van der Waals surface area contributed by atoms with Gasteiger partial charge in [0, 0.05) is 25.2 Å². The summed E-state index contributed by atoms with van der Waals surface area (Å²) >= 11 is 0. The highest BCUT2D eigenvalue weighted by Gasteiger charge is 2.78. The van der Waals surface area contributed by atoms with E-state index in [-0.39, 0.29) is 35.3 Å². The van der Waals surface area contributed by atoms with Gasteiger partial charge in [-0.15, -0.1) is 0 Å². The number of ketones is 1. The molecule has 1 amide bonds. The van der Waals surface area contributed by atoms with Crippen LogP contribution >= 0.6 is 0 Å². The largest absolute Gasteiger partial charge is 0.480 e. The normalized spacial score (nSPS) is 30.1. The number of amides is 1. The van der Waals surface area contributed by atoms with Crippen LogP contribution in [-0.4, -0.2) is 141 Å². The summed E-state index contributed by atoms with van der Waals surface area (Å²) in [6.45, 7) is 9.98. The number of aliphatic carboxylic acids is 1. The molecule has 1 aliphatic heterocycles. The molecule has 1 heterocycles. The molecule has 2 bridgehead atoms. The molecular weight excluding hydrogens is 921 g/mol. The zero-order valence-electron chi connectivity index (χ0n) is 40.0. The van der Waals surface area contributed by atoms with Gasteiger partial charge in [0.25, 0.3) is 0 Å². The molecule has 7 N–H and O–H groups in total. The van der Waals surface area contributed by atoms with E-state index in [9.17, 15) is 48.9 Å². The third-order valence-corrected chi connectivity index (χ3v) is 13.9. The Labute approximate surface area is 402 Å². The number of fused-ring (bicyclic) bond motifs is 5. The average Bonchev–Trinajstić information content (AvgIpc) is 3.27. The molecule has 2 aromatic rings. The molecule has 12 atom stereocenters. The van der Waals surface area contributed by atoms with Crippen molar-refractivity contribution in [2.45, 2.75) is 140 Å². The van der Waals surface area contributed by atoms with Gasteiger partial charge in [0.1, 0.15) is 47.7 Å². The SMILES string of the molecule is CC(=O)O[C@@]12CO[C@@H]1C[C@H](O)[C@@]1(C)C(=O)[C@H](O)C3=C(C)[C@@H](OC(=O)[C@H](OC(=O)COC(=O)C[C@H](N)C(=O)O)[C@@H](NC(=O)OC(C)(C)C)c4ccccc4)C[C@@](O)([C@@H](OC(=O)c4ccccc4)[C@H]21)C3(C)C. The van der Waals surface area contributed by atoms with Crippen LogP contribution in [0.5, 0.6) is 0 Å². The second kappa shape index (κ2) is 19.9. The molecule has 0 spiro atoms. The summed E-state index contributed by atoms with van der Waals surface area (Å²) in [7, 11) is 0. The first kappa shape index (κ1) is 53.1. The second-order valence-electron chi connectivity index (χ2n) is 19.8. The van der Waals surface area contributed by atoms with E-state index in [1.54, 1.807) is 57.2 Å². The van der Waals surface area contributed by atoms with Crippen LogP contribution in [0, 0.1) is 16.7 Å². The van der Waals surface area contributed by atoms with Crippen LogP contribution < -0.4 is 11.1 Å². The van der Waals surface area contributed by atoms with Crippen molar-refractivity contribution in [1.82, 2.24) is 5.32 Å². The van der Waals surface area contributed by atoms with Gasteiger partial charge >= 0.3 is 41.9 Å². The summed E-state index contributed by atoms with van der Waals surface area (Å²) < 4.78 is 40.4. The second-order valence-corrected chi connectivity index (χ2v) is 19.8. The summed E-state index contributed by atoms with van der Waals surface area (Å²) in [6.07, 6.45) is -13.5. The van der Waals surface area contributed by atoms with Crippen LogP contribution in [-0.2, 0) is 61.9 Å². The quantitative estimate of drug-likeness (QED) is 0.0897. The smallest absolute Gasteiger partial charge is 0.408 e. The Morgan fingerprint density at radius 2 is 1.54 bits per heavy atom. The summed E-state index contributed by atoms with van der Waals surface area (Å²) in [4.78, 5) is 108. The number of aliphatic hydroxyl groups is 3. The van der Waals surface area contributed by atoms with Crippen LogP contribution in [0.15, 0.2) is 71.8 Å². The lowest BCUT2D eigenvalue weighted by atomic mass is 9.44. The Morgan fingerprint density at radius 3 is 2.10 bits per heavy atom. The number of nitrogens with one attached hydrogen (secondary N) is 1. The molecule has 0 aromatic heterocycles. The van der Waals surface area contributed by atoms with Crippen LogP contribution in [0.4, 0.5) is 4.79 Å². The minimum absolute atomic E-state index is 0.00794. The van der Waals surface area contributed by atoms with Crippen molar-refractivity contribution >= 4 is 47.7 Å². The molecule has 21 heteroatoms. The van der Waals surface area contributed by atoms with E-state index in [1.165, 1.54) is 52.0 Å². The molecule has 3 fully saturated rings. The van der Waals surface area contributed by atoms with Crippen molar-refractivity contribution in [3.8, 4) is 0 Å². The van der Waals surface area contributed by atoms with Crippen LogP contribution in [0.2, 0.25) is 0 Å². The molecule has 0 unspecified atom stereocenters. The molecule has 4 aliphatic rings. The first-order valence-electron chi connectivity index (χ1n) is 22.6. The standard InChI is InChI=1S/C49H60N2O19/c1-24-29(66-43(61)37(67-33(55)22-64-32(54)19-28(50)41(58)59)35(26-15-11-9-12-16-26)51-44(62)70-45(3,4)5)21-49(63)40(68-42(60)27-17-13-10-14-18-27)38-47(8,39(57)36(56)34(24)46(49,6)7)30(53)20-31-48(38,23-65-31)69-25(2)52/h9-18,28-31,35-38,40,53,56,63H,19-23,50H2,1-8H3,(H,51,62)(H,58,59)/t28-,29-,30-,31+,35-,36+,37+,38-,40-,47+,48-,49+/m0/s1. The Balaban J connectivity index is 1.49. The minimum atomic E-state index is -2.51. The minimum Gasteiger partial charge on any atom is -0.480 e. The topological polar surface area (TPSA) is 320 Å². The lowest BCUT2D eigenvalue weighted by Gasteiger charge is -2.67. The lowest BCUT2D eigenvalue weighted by Crippen LogP contribution is -2.81. The summed E-state index contributed by atoms with van der Waals surface area (Å²) in [5.74, 6) is -9.99. The molecular formula is C49H60N2O19. The maximum absolute atomic E-state index is 15.2. The Morgan fingerprint density at radius 1 is 0.929 bits per heavy atom. The number of rotatable bonds is 14. The average molecular weight is 981 g/mol. The molecule has 70 heavy (non-hydrogen) atoms. The Bertz CT molecular complexity index is 2420. The predicted molar refractivity (Wildman–Crippen MR) is 239 cm³/mol. The molecule has 21 nitrogen and oxygen atoms in total. The fourth-order valence-corrected chi connectivity index (χ4v) is 10.3. The van der Waals surface area contributed by atoms with Gasteiger partial charge in [-0.25, -0.2) is 19.2 Å². The summed E-state index contributed by atoms with van der Waals surface area (Å²) in [6, 6.07) is 12.0. The van der Waals surface area contributed by atoms with E-state index in [2.05, 4.69) is 5.32 Å². The number of nitrogens with two attached hydrogens (primary N) is 1. The predicted octanol–water partition coefficient (Wildman–Crippen LogP) is 2.16. The highest BCUT2D eigenvalue weighted by molar-refractivity contribution is 5.94. The third kappa shape index (κ3) is 10.0. The number of benzene rings is 2. The van der Waals surface area contributed by atoms with E-state index in [4.69, 9.17) is 44.0 Å². The van der Waals surface area contributed by atoms with E-state index < -0.39 is 149 Å². The van der Waals surface area contributed by atoms with Gasteiger partial charge in [-0.3, -0.25) is 19.2 Å². The number of alkyl carbamates (subject to hydrolysis) is 1. The zero-order chi connectivity index (χ0) is 51.9. The first-order valence-corrected chi connectivity index (χ1v) is 22.6. The zero-order valence-corrected chi connectivity index (χ0v) is 40.0. The molecule has 0 radical (unpaired) electrons. The van der Waals surface area contributed by atoms with E-state index in [0.29, 0.717) is 0 Å². The van der Waals surface area contributed by atoms with Gasteiger partial charge < -0.3 is 64.6 Å². The maximum atomic E-state index is 15.2. The highest BCUT2D eigenvalue weighted by Crippen LogP contribution is 2.64. The van der Waals surface area contributed by atoms with Crippen molar-refractivity contribution in [3.05, 3.63) is 82.9 Å². The number of Topliss-reactive ketones (excluding diaryl/α,β-unsaturated/α-hetero) is 1. The van der Waals surface area contributed by atoms with Crippen molar-refractivity contribution in [3.63, 3.8) is 0 Å². The van der Waals surface area contributed by atoms with Gasteiger partial charge in [-0.05, 0) is 63.5 Å². The number of ether oxygens (including phenoxy) is 7. The number of hydrogen-bond donors (Lipinski definition) is 6. The van der Waals surface area contributed by atoms with Gasteiger partial charge in [0.05, 0.1) is 36.0 Å². The molecule has 2 aromatic carbocycles. The van der Waals surface area contributed by atoms with E-state index in [0.717, 1.165) is 6.92 Å². The Kier molecular flexibility index (Phi) is 15.1. The summed E-state index contributed by atoms with van der Waals surface area (Å²) in [5, 5.41) is 49.7. The number of aliphatic hydroxyl groups excluding tert-OH is 2. The number of carboxylic acids is 1. The fourth-order valence-electron chi connectivity index (χ4n) is 10.3. The fraction of sp³-hybridized carbons (Fsp3) is 0.551. The number of carboxylic acid groups (broad SMARTS) is 1. The van der Waals surface area contributed by atoms with E-state index in [1.807, 2.05) is 0 Å². The Hall–Kier alpha value is -6.26. The van der Waals surface area contributed by atoms with Crippen molar-refractivity contribution in [2.75, 3.05) is 13.2 Å². The highest BCUT2D eigenvalue weighted by atomic mass is 16.6. The van der Waals surface area contributed by atoms with Crippen molar-refractivity contribution in [1.29, 1.82) is 0 Å². The molecule has 2 saturated carbocycles. The van der Waals surface area contributed by atoms with Gasteiger partial charge in [0.15, 0.2) is 18.0 Å². The van der Waals surface area contributed by atoms with Gasteiger partial charge in [-0.2, -0.15) is 0 Å². The van der Waals surface area contributed by atoms with Gasteiger partial charge in [0.2, 0.25) is 6.10 Å².